The van der Waals surface area contributed by atoms with Gasteiger partial charge in [0.15, 0.2) is 5.58 Å². The Kier molecular flexibility index (Phi) is 5.85. The molecule has 1 unspecified atom stereocenters. The molecule has 0 fully saturated rings. The second-order valence-corrected chi connectivity index (χ2v) is 8.63. The van der Waals surface area contributed by atoms with Gasteiger partial charge in [0.25, 0.3) is 5.91 Å². The third kappa shape index (κ3) is 4.55. The highest BCUT2D eigenvalue weighted by molar-refractivity contribution is 5.94. The Hall–Kier alpha value is -3.98. The number of amides is 1. The average Bonchev–Trinajstić information content (AvgIpc) is 3.26. The van der Waals surface area contributed by atoms with Crippen LogP contribution >= 0.6 is 0 Å². The first kappa shape index (κ1) is 21.8. The lowest BCUT2D eigenvalue weighted by atomic mass is 9.95. The molecule has 0 saturated heterocycles. The summed E-state index contributed by atoms with van der Waals surface area (Å²) in [6, 6.07) is 13.1. The number of nitrogens with one attached hydrogen (secondary N) is 1. The van der Waals surface area contributed by atoms with Gasteiger partial charge < -0.3 is 25.1 Å². The monoisotopic (exact) mass is 458 g/mol. The van der Waals surface area contributed by atoms with E-state index in [1.165, 1.54) is 0 Å². The Bertz CT molecular complexity index is 1350. The van der Waals surface area contributed by atoms with Gasteiger partial charge in [0.1, 0.15) is 17.9 Å². The fourth-order valence-electron chi connectivity index (χ4n) is 4.00. The van der Waals surface area contributed by atoms with E-state index in [4.69, 9.17) is 14.9 Å². The van der Waals surface area contributed by atoms with Gasteiger partial charge in [0.2, 0.25) is 11.8 Å². The average molecular weight is 459 g/mol. The first-order chi connectivity index (χ1) is 16.5. The molecule has 1 atom stereocenters. The minimum atomic E-state index is -0.0912. The van der Waals surface area contributed by atoms with E-state index in [0.717, 1.165) is 34.6 Å². The van der Waals surface area contributed by atoms with Crippen molar-refractivity contribution in [2.24, 2.45) is 0 Å². The van der Waals surface area contributed by atoms with Crippen LogP contribution in [-0.4, -0.2) is 59.6 Å². The standard InChI is InChI=1S/C25H26N6O3/c1-31(2)10-9-27-23(32)16-4-6-21-17(11-16)12-18(14-33-21)24-29-20-5-3-15(13-22(20)34-24)19-7-8-28-25(26)30-19/h3-8,11,13,18H,9-10,12,14H2,1-2H3,(H,27,32)(H2,26,28,30). The zero-order valence-corrected chi connectivity index (χ0v) is 19.1. The molecule has 1 amide bonds. The van der Waals surface area contributed by atoms with Crippen molar-refractivity contribution < 1.29 is 13.9 Å². The molecule has 3 heterocycles. The number of carbonyl (C=O) groups excluding carboxylic acids is 1. The van der Waals surface area contributed by atoms with Gasteiger partial charge in [-0.2, -0.15) is 0 Å². The zero-order valence-electron chi connectivity index (χ0n) is 19.1. The molecule has 0 radical (unpaired) electrons. The summed E-state index contributed by atoms with van der Waals surface area (Å²) in [5.41, 5.74) is 10.3. The Morgan fingerprint density at radius 3 is 2.88 bits per heavy atom. The van der Waals surface area contributed by atoms with Crippen LogP contribution in [0, 0.1) is 0 Å². The Labute approximate surface area is 197 Å². The van der Waals surface area contributed by atoms with Crippen LogP contribution in [0.25, 0.3) is 22.4 Å². The molecule has 2 aromatic carbocycles. The highest BCUT2D eigenvalue weighted by atomic mass is 16.5. The second kappa shape index (κ2) is 9.11. The van der Waals surface area contributed by atoms with E-state index in [2.05, 4.69) is 20.3 Å². The lowest BCUT2D eigenvalue weighted by Gasteiger charge is -2.23. The summed E-state index contributed by atoms with van der Waals surface area (Å²) in [6.45, 7) is 1.84. The van der Waals surface area contributed by atoms with Gasteiger partial charge in [-0.05, 0) is 62.5 Å². The molecular weight excluding hydrogens is 432 g/mol. The molecule has 1 aliphatic rings. The molecule has 0 spiro atoms. The summed E-state index contributed by atoms with van der Waals surface area (Å²) < 4.78 is 12.1. The van der Waals surface area contributed by atoms with Gasteiger partial charge >= 0.3 is 0 Å². The van der Waals surface area contributed by atoms with E-state index in [0.29, 0.717) is 36.6 Å². The number of nitrogens with zero attached hydrogens (tertiary/aromatic N) is 4. The number of nitrogen functional groups attached to an aromatic ring is 1. The number of benzene rings is 2. The van der Waals surface area contributed by atoms with Crippen molar-refractivity contribution in [3.63, 3.8) is 0 Å². The first-order valence-corrected chi connectivity index (χ1v) is 11.1. The normalized spacial score (nSPS) is 15.2. The number of nitrogens with two attached hydrogens (primary N) is 1. The summed E-state index contributed by atoms with van der Waals surface area (Å²) in [6.07, 6.45) is 2.30. The fourth-order valence-corrected chi connectivity index (χ4v) is 4.00. The molecule has 174 valence electrons. The topological polar surface area (TPSA) is 119 Å². The lowest BCUT2D eigenvalue weighted by Crippen LogP contribution is -2.31. The molecular formula is C25H26N6O3. The fraction of sp³-hybridized carbons (Fsp3) is 0.280. The maximum atomic E-state index is 12.5. The summed E-state index contributed by atoms with van der Waals surface area (Å²) in [4.78, 5) is 27.5. The van der Waals surface area contributed by atoms with Crippen molar-refractivity contribution in [3.8, 4) is 17.0 Å². The van der Waals surface area contributed by atoms with Crippen LogP contribution in [0.4, 0.5) is 5.95 Å². The number of ether oxygens (including phenoxy) is 1. The van der Waals surface area contributed by atoms with Gasteiger partial charge in [-0.1, -0.05) is 6.07 Å². The highest BCUT2D eigenvalue weighted by Gasteiger charge is 2.26. The Balaban J connectivity index is 1.35. The lowest BCUT2D eigenvalue weighted by molar-refractivity contribution is 0.0950. The third-order valence-electron chi connectivity index (χ3n) is 5.80. The minimum absolute atomic E-state index is 0.0508. The number of likely N-dealkylation sites (N-methyl/N-ethyl adjacent to an activating group) is 1. The first-order valence-electron chi connectivity index (χ1n) is 11.1. The summed E-state index contributed by atoms with van der Waals surface area (Å²) in [5, 5.41) is 2.95. The van der Waals surface area contributed by atoms with Crippen molar-refractivity contribution in [1.29, 1.82) is 0 Å². The Morgan fingerprint density at radius 2 is 2.06 bits per heavy atom. The minimum Gasteiger partial charge on any atom is -0.492 e. The number of rotatable bonds is 6. The van der Waals surface area contributed by atoms with E-state index in [-0.39, 0.29) is 17.8 Å². The van der Waals surface area contributed by atoms with Crippen LogP contribution in [0.5, 0.6) is 5.75 Å². The van der Waals surface area contributed by atoms with Crippen LogP contribution in [-0.2, 0) is 6.42 Å². The van der Waals surface area contributed by atoms with Gasteiger partial charge in [-0.15, -0.1) is 0 Å². The van der Waals surface area contributed by atoms with Gasteiger partial charge in [-0.25, -0.2) is 15.0 Å². The number of aromatic nitrogens is 3. The molecule has 1 aliphatic heterocycles. The molecule has 4 aromatic rings. The second-order valence-electron chi connectivity index (χ2n) is 8.63. The molecule has 2 aromatic heterocycles. The predicted molar refractivity (Wildman–Crippen MR) is 129 cm³/mol. The van der Waals surface area contributed by atoms with E-state index >= 15 is 0 Å². The van der Waals surface area contributed by atoms with Crippen LogP contribution in [0.2, 0.25) is 0 Å². The van der Waals surface area contributed by atoms with Crippen molar-refractivity contribution in [1.82, 2.24) is 25.2 Å². The molecule has 3 N–H and O–H groups in total. The smallest absolute Gasteiger partial charge is 0.251 e. The number of carbonyl (C=O) groups is 1. The van der Waals surface area contributed by atoms with Crippen molar-refractivity contribution in [3.05, 3.63) is 65.7 Å². The van der Waals surface area contributed by atoms with Crippen LogP contribution in [0.1, 0.15) is 27.7 Å². The molecule has 9 heteroatoms. The van der Waals surface area contributed by atoms with E-state index in [1.54, 1.807) is 18.3 Å². The molecule has 9 nitrogen and oxygen atoms in total. The Morgan fingerprint density at radius 1 is 1.18 bits per heavy atom. The van der Waals surface area contributed by atoms with E-state index < -0.39 is 0 Å². The van der Waals surface area contributed by atoms with Gasteiger partial charge in [0.05, 0.1) is 11.6 Å². The summed E-state index contributed by atoms with van der Waals surface area (Å²) in [5.74, 6) is 1.48. The summed E-state index contributed by atoms with van der Waals surface area (Å²) >= 11 is 0. The van der Waals surface area contributed by atoms with Crippen molar-refractivity contribution in [2.45, 2.75) is 12.3 Å². The zero-order chi connectivity index (χ0) is 23.7. The maximum absolute atomic E-state index is 12.5. The maximum Gasteiger partial charge on any atom is 0.251 e. The molecule has 0 saturated carbocycles. The number of hydrogen-bond acceptors (Lipinski definition) is 8. The van der Waals surface area contributed by atoms with Crippen molar-refractivity contribution >= 4 is 23.0 Å². The summed E-state index contributed by atoms with van der Waals surface area (Å²) in [7, 11) is 3.95. The number of hydrogen-bond donors (Lipinski definition) is 2. The SMILES string of the molecule is CN(C)CCNC(=O)c1ccc2c(c1)CC(c1nc3ccc(-c4ccnc(N)n4)cc3o1)CO2. The van der Waals surface area contributed by atoms with Crippen molar-refractivity contribution in [2.75, 3.05) is 39.5 Å². The number of fused-ring (bicyclic) bond motifs is 2. The molecule has 0 aliphatic carbocycles. The molecule has 0 bridgehead atoms. The van der Waals surface area contributed by atoms with Gasteiger partial charge in [-0.3, -0.25) is 4.79 Å². The third-order valence-corrected chi connectivity index (χ3v) is 5.80. The highest BCUT2D eigenvalue weighted by Crippen LogP contribution is 2.34. The quantitative estimate of drug-likeness (QED) is 0.453. The number of anilines is 1. The number of oxazole rings is 1. The van der Waals surface area contributed by atoms with E-state index in [1.807, 2.05) is 49.3 Å². The molecule has 5 rings (SSSR count). The van der Waals surface area contributed by atoms with Crippen LogP contribution in [0.15, 0.2) is 53.1 Å². The predicted octanol–water partition coefficient (Wildman–Crippen LogP) is 2.88. The van der Waals surface area contributed by atoms with Gasteiger partial charge in [0, 0.05) is 30.4 Å². The largest absolute Gasteiger partial charge is 0.492 e. The molecule has 34 heavy (non-hydrogen) atoms. The van der Waals surface area contributed by atoms with E-state index in [9.17, 15) is 4.79 Å². The van der Waals surface area contributed by atoms with Crippen LogP contribution < -0.4 is 15.8 Å². The van der Waals surface area contributed by atoms with Crippen LogP contribution in [0.3, 0.4) is 0 Å².